The SMILES string of the molecule is C/C(=N/NC(=O)c1ccc([N+](=O)[O-])cc1)c1ccc(Cl)cc1Cl. The fourth-order valence-corrected chi connectivity index (χ4v) is 2.32. The van der Waals surface area contributed by atoms with Crippen molar-refractivity contribution in [3.05, 3.63) is 73.8 Å². The highest BCUT2D eigenvalue weighted by atomic mass is 35.5. The van der Waals surface area contributed by atoms with Crippen LogP contribution in [0, 0.1) is 10.1 Å². The zero-order valence-electron chi connectivity index (χ0n) is 11.9. The van der Waals surface area contributed by atoms with Gasteiger partial charge in [0.1, 0.15) is 0 Å². The number of hydrazone groups is 1. The van der Waals surface area contributed by atoms with E-state index in [2.05, 4.69) is 10.5 Å². The highest BCUT2D eigenvalue weighted by Gasteiger charge is 2.10. The van der Waals surface area contributed by atoms with Crippen LogP contribution in [0.15, 0.2) is 47.6 Å². The van der Waals surface area contributed by atoms with Crippen LogP contribution in [0.5, 0.6) is 0 Å². The second-order valence-electron chi connectivity index (χ2n) is 4.57. The summed E-state index contributed by atoms with van der Waals surface area (Å²) < 4.78 is 0. The fraction of sp³-hybridized carbons (Fsp3) is 0.0667. The summed E-state index contributed by atoms with van der Waals surface area (Å²) in [5.74, 6) is -0.482. The topological polar surface area (TPSA) is 84.6 Å². The van der Waals surface area contributed by atoms with Crippen LogP contribution in [-0.2, 0) is 0 Å². The summed E-state index contributed by atoms with van der Waals surface area (Å²) >= 11 is 11.9. The number of nitro groups is 1. The van der Waals surface area contributed by atoms with E-state index in [1.807, 2.05) is 0 Å². The van der Waals surface area contributed by atoms with E-state index in [1.165, 1.54) is 24.3 Å². The number of nitrogens with zero attached hydrogens (tertiary/aromatic N) is 2. The molecular formula is C15H11Cl2N3O3. The Bertz CT molecular complexity index is 789. The van der Waals surface area contributed by atoms with Crippen molar-refractivity contribution in [3.63, 3.8) is 0 Å². The Morgan fingerprint density at radius 1 is 1.17 bits per heavy atom. The predicted octanol–water partition coefficient (Wildman–Crippen LogP) is 4.06. The molecule has 118 valence electrons. The maximum atomic E-state index is 12.0. The largest absolute Gasteiger partial charge is 0.271 e. The minimum Gasteiger partial charge on any atom is -0.267 e. The van der Waals surface area contributed by atoms with Gasteiger partial charge in [-0.1, -0.05) is 29.3 Å². The number of rotatable bonds is 4. The molecule has 0 radical (unpaired) electrons. The molecule has 6 nitrogen and oxygen atoms in total. The van der Waals surface area contributed by atoms with Gasteiger partial charge in [-0.05, 0) is 31.2 Å². The third kappa shape index (κ3) is 4.28. The molecule has 2 rings (SSSR count). The number of halogens is 2. The van der Waals surface area contributed by atoms with Crippen LogP contribution < -0.4 is 5.43 Å². The molecule has 2 aromatic rings. The summed E-state index contributed by atoms with van der Waals surface area (Å²) in [4.78, 5) is 22.0. The molecule has 0 aliphatic carbocycles. The average molecular weight is 352 g/mol. The molecule has 1 N–H and O–H groups in total. The summed E-state index contributed by atoms with van der Waals surface area (Å²) in [5, 5.41) is 15.5. The Balaban J connectivity index is 2.12. The van der Waals surface area contributed by atoms with Crippen LogP contribution in [0.25, 0.3) is 0 Å². The molecule has 1 amide bonds. The number of nitrogens with one attached hydrogen (secondary N) is 1. The van der Waals surface area contributed by atoms with Crippen molar-refractivity contribution in [2.75, 3.05) is 0 Å². The molecule has 23 heavy (non-hydrogen) atoms. The van der Waals surface area contributed by atoms with Crippen LogP contribution in [0.4, 0.5) is 5.69 Å². The van der Waals surface area contributed by atoms with Gasteiger partial charge in [0.25, 0.3) is 11.6 Å². The number of non-ortho nitro benzene ring substituents is 1. The second kappa shape index (κ2) is 7.21. The molecule has 0 aliphatic rings. The zero-order chi connectivity index (χ0) is 17.0. The molecule has 0 spiro atoms. The Morgan fingerprint density at radius 2 is 1.83 bits per heavy atom. The molecule has 0 aliphatic heterocycles. The van der Waals surface area contributed by atoms with Crippen LogP contribution in [0.3, 0.4) is 0 Å². The van der Waals surface area contributed by atoms with Crippen molar-refractivity contribution < 1.29 is 9.72 Å². The predicted molar refractivity (Wildman–Crippen MR) is 89.2 cm³/mol. The summed E-state index contributed by atoms with van der Waals surface area (Å²) in [6, 6.07) is 10.2. The molecule has 0 saturated heterocycles. The first-order valence-electron chi connectivity index (χ1n) is 6.43. The average Bonchev–Trinajstić information content (AvgIpc) is 2.52. The van der Waals surface area contributed by atoms with Crippen LogP contribution in [0.1, 0.15) is 22.8 Å². The summed E-state index contributed by atoms with van der Waals surface area (Å²) in [6.07, 6.45) is 0. The molecule has 0 unspecified atom stereocenters. The highest BCUT2D eigenvalue weighted by Crippen LogP contribution is 2.21. The lowest BCUT2D eigenvalue weighted by atomic mass is 10.1. The fourth-order valence-electron chi connectivity index (χ4n) is 1.78. The van der Waals surface area contributed by atoms with Gasteiger partial charge in [0, 0.05) is 28.3 Å². The van der Waals surface area contributed by atoms with Crippen LogP contribution in [-0.4, -0.2) is 16.5 Å². The van der Waals surface area contributed by atoms with Gasteiger partial charge in [0.05, 0.1) is 15.7 Å². The lowest BCUT2D eigenvalue weighted by molar-refractivity contribution is -0.384. The van der Waals surface area contributed by atoms with Crippen molar-refractivity contribution in [3.8, 4) is 0 Å². The minimum absolute atomic E-state index is 0.0887. The van der Waals surface area contributed by atoms with Gasteiger partial charge in [-0.2, -0.15) is 5.10 Å². The molecule has 8 heteroatoms. The minimum atomic E-state index is -0.535. The summed E-state index contributed by atoms with van der Waals surface area (Å²) in [6.45, 7) is 1.69. The van der Waals surface area contributed by atoms with E-state index >= 15 is 0 Å². The molecule has 0 saturated carbocycles. The van der Waals surface area contributed by atoms with Gasteiger partial charge >= 0.3 is 0 Å². The first-order valence-corrected chi connectivity index (χ1v) is 7.18. The lowest BCUT2D eigenvalue weighted by Gasteiger charge is -2.05. The van der Waals surface area contributed by atoms with Gasteiger partial charge < -0.3 is 0 Å². The Hall–Kier alpha value is -2.44. The quantitative estimate of drug-likeness (QED) is 0.512. The number of carbonyl (C=O) groups is 1. The maximum Gasteiger partial charge on any atom is 0.271 e. The van der Waals surface area contributed by atoms with Crippen molar-refractivity contribution in [2.45, 2.75) is 6.92 Å². The van der Waals surface area contributed by atoms with Crippen molar-refractivity contribution in [2.24, 2.45) is 5.10 Å². The summed E-state index contributed by atoms with van der Waals surface area (Å²) in [7, 11) is 0. The number of nitro benzene ring substituents is 1. The van der Waals surface area contributed by atoms with Crippen molar-refractivity contribution in [1.29, 1.82) is 0 Å². The van der Waals surface area contributed by atoms with E-state index in [0.717, 1.165) is 0 Å². The molecule has 2 aromatic carbocycles. The number of amides is 1. The van der Waals surface area contributed by atoms with Gasteiger partial charge in [-0.25, -0.2) is 5.43 Å². The highest BCUT2D eigenvalue weighted by molar-refractivity contribution is 6.37. The van der Waals surface area contributed by atoms with Crippen LogP contribution >= 0.6 is 23.2 Å². The maximum absolute atomic E-state index is 12.0. The van der Waals surface area contributed by atoms with Crippen molar-refractivity contribution in [1.82, 2.24) is 5.43 Å². The van der Waals surface area contributed by atoms with E-state index in [-0.39, 0.29) is 11.3 Å². The standard InChI is InChI=1S/C15H11Cl2N3O3/c1-9(13-7-4-11(16)8-14(13)17)18-19-15(21)10-2-5-12(6-3-10)20(22)23/h2-8H,1H3,(H,19,21)/b18-9-. The Kier molecular flexibility index (Phi) is 5.31. The van der Waals surface area contributed by atoms with E-state index in [0.29, 0.717) is 21.3 Å². The lowest BCUT2D eigenvalue weighted by Crippen LogP contribution is -2.19. The Labute approximate surface area is 141 Å². The monoisotopic (exact) mass is 351 g/mol. The van der Waals surface area contributed by atoms with Gasteiger partial charge in [-0.3, -0.25) is 14.9 Å². The van der Waals surface area contributed by atoms with Crippen LogP contribution in [0.2, 0.25) is 10.0 Å². The van der Waals surface area contributed by atoms with Gasteiger partial charge in [0.2, 0.25) is 0 Å². The third-order valence-corrected chi connectivity index (χ3v) is 3.53. The number of hydrogen-bond donors (Lipinski definition) is 1. The zero-order valence-corrected chi connectivity index (χ0v) is 13.4. The normalized spacial score (nSPS) is 11.2. The number of carbonyl (C=O) groups excluding carboxylic acids is 1. The molecule has 0 heterocycles. The van der Waals surface area contributed by atoms with Gasteiger partial charge in [-0.15, -0.1) is 0 Å². The van der Waals surface area contributed by atoms with E-state index in [9.17, 15) is 14.9 Å². The summed E-state index contributed by atoms with van der Waals surface area (Å²) in [5.41, 5.74) is 3.69. The van der Waals surface area contributed by atoms with Crippen molar-refractivity contribution >= 4 is 40.5 Å². The smallest absolute Gasteiger partial charge is 0.267 e. The molecule has 0 fully saturated rings. The van der Waals surface area contributed by atoms with Gasteiger partial charge in [0.15, 0.2) is 0 Å². The van der Waals surface area contributed by atoms with E-state index in [1.54, 1.807) is 25.1 Å². The first kappa shape index (κ1) is 16.9. The molecular weight excluding hydrogens is 341 g/mol. The van der Waals surface area contributed by atoms with E-state index in [4.69, 9.17) is 23.2 Å². The molecule has 0 atom stereocenters. The Morgan fingerprint density at radius 3 is 2.39 bits per heavy atom. The number of benzene rings is 2. The first-order chi connectivity index (χ1) is 10.9. The third-order valence-electron chi connectivity index (χ3n) is 2.99. The molecule has 0 aromatic heterocycles. The second-order valence-corrected chi connectivity index (χ2v) is 5.41. The molecule has 0 bridgehead atoms. The number of hydrogen-bond acceptors (Lipinski definition) is 4. The van der Waals surface area contributed by atoms with E-state index < -0.39 is 10.8 Å².